The molecule has 0 spiro atoms. The van der Waals surface area contributed by atoms with Crippen LogP contribution in [0.15, 0.2) is 30.3 Å². The fraction of sp³-hybridized carbons (Fsp3) is 0.154. The molecule has 0 aliphatic carbocycles. The van der Waals surface area contributed by atoms with Crippen molar-refractivity contribution in [1.82, 2.24) is 0 Å². The average molecular weight is 252 g/mol. The Morgan fingerprint density at radius 2 is 2.00 bits per heavy atom. The third-order valence-corrected chi connectivity index (χ3v) is 3.64. The van der Waals surface area contributed by atoms with Crippen molar-refractivity contribution in [1.29, 1.82) is 0 Å². The molecule has 0 aliphatic rings. The molecule has 17 heavy (non-hydrogen) atoms. The van der Waals surface area contributed by atoms with E-state index in [1.165, 1.54) is 17.4 Å². The van der Waals surface area contributed by atoms with Crippen LogP contribution in [0.2, 0.25) is 0 Å². The maximum atomic E-state index is 13.4. The summed E-state index contributed by atoms with van der Waals surface area (Å²) in [6.07, 6.45) is 0.837. The minimum absolute atomic E-state index is 0.0871. The molecule has 0 bridgehead atoms. The van der Waals surface area contributed by atoms with Gasteiger partial charge in [0.1, 0.15) is 11.6 Å². The van der Waals surface area contributed by atoms with Gasteiger partial charge in [0.25, 0.3) is 0 Å². The highest BCUT2D eigenvalue weighted by molar-refractivity contribution is 7.14. The van der Waals surface area contributed by atoms with Gasteiger partial charge in [-0.3, -0.25) is 4.79 Å². The van der Waals surface area contributed by atoms with Gasteiger partial charge in [-0.1, -0.05) is 6.92 Å². The van der Waals surface area contributed by atoms with Crippen molar-refractivity contribution in [3.8, 4) is 0 Å². The van der Waals surface area contributed by atoms with Crippen LogP contribution < -0.4 is 0 Å². The average Bonchev–Trinajstić information content (AvgIpc) is 2.76. The normalized spacial score (nSPS) is 10.5. The summed E-state index contributed by atoms with van der Waals surface area (Å²) >= 11 is 1.34. The Hall–Kier alpha value is -1.55. The van der Waals surface area contributed by atoms with Crippen LogP contribution in [0.3, 0.4) is 0 Å². The van der Waals surface area contributed by atoms with Crippen molar-refractivity contribution in [2.45, 2.75) is 13.3 Å². The molecule has 0 unspecified atom stereocenters. The van der Waals surface area contributed by atoms with Gasteiger partial charge in [-0.25, -0.2) is 8.78 Å². The Morgan fingerprint density at radius 3 is 2.59 bits per heavy atom. The first-order chi connectivity index (χ1) is 8.11. The molecule has 1 heterocycles. The second kappa shape index (κ2) is 4.75. The van der Waals surface area contributed by atoms with Crippen LogP contribution in [0.4, 0.5) is 8.78 Å². The van der Waals surface area contributed by atoms with Crippen LogP contribution in [0.25, 0.3) is 0 Å². The SMILES string of the molecule is CCc1ccc(C(=O)c2ccc(F)cc2F)s1. The molecule has 0 saturated heterocycles. The molecule has 88 valence electrons. The molecule has 0 amide bonds. The van der Waals surface area contributed by atoms with Crippen molar-refractivity contribution in [3.63, 3.8) is 0 Å². The topological polar surface area (TPSA) is 17.1 Å². The number of hydrogen-bond acceptors (Lipinski definition) is 2. The summed E-state index contributed by atoms with van der Waals surface area (Å²) in [7, 11) is 0. The molecule has 2 rings (SSSR count). The van der Waals surface area contributed by atoms with E-state index in [1.807, 2.05) is 13.0 Å². The summed E-state index contributed by atoms with van der Waals surface area (Å²) in [6.45, 7) is 1.98. The standard InChI is InChI=1S/C13H10F2OS/c1-2-9-4-6-12(17-9)13(16)10-5-3-8(14)7-11(10)15/h3-7H,2H2,1H3. The van der Waals surface area contributed by atoms with Crippen LogP contribution in [-0.4, -0.2) is 5.78 Å². The zero-order valence-electron chi connectivity index (χ0n) is 9.17. The fourth-order valence-electron chi connectivity index (χ4n) is 1.50. The van der Waals surface area contributed by atoms with Gasteiger partial charge in [-0.2, -0.15) is 0 Å². The summed E-state index contributed by atoms with van der Waals surface area (Å²) in [4.78, 5) is 13.5. The van der Waals surface area contributed by atoms with E-state index >= 15 is 0 Å². The first-order valence-electron chi connectivity index (χ1n) is 5.20. The van der Waals surface area contributed by atoms with E-state index in [0.717, 1.165) is 23.4 Å². The van der Waals surface area contributed by atoms with Crippen molar-refractivity contribution in [3.05, 3.63) is 57.3 Å². The Morgan fingerprint density at radius 1 is 1.24 bits per heavy atom. The molecule has 0 N–H and O–H groups in total. The highest BCUT2D eigenvalue weighted by Crippen LogP contribution is 2.22. The molecule has 0 radical (unpaired) electrons. The minimum atomic E-state index is -0.818. The molecule has 0 atom stereocenters. The van der Waals surface area contributed by atoms with E-state index in [1.54, 1.807) is 6.07 Å². The van der Waals surface area contributed by atoms with Crippen molar-refractivity contribution in [2.75, 3.05) is 0 Å². The summed E-state index contributed by atoms with van der Waals surface area (Å²) in [6, 6.07) is 6.51. The second-order valence-electron chi connectivity index (χ2n) is 3.57. The summed E-state index contributed by atoms with van der Waals surface area (Å²) in [5.41, 5.74) is -0.0871. The number of thiophene rings is 1. The third kappa shape index (κ3) is 2.42. The molecule has 0 aliphatic heterocycles. The molecular weight excluding hydrogens is 242 g/mol. The number of carbonyl (C=O) groups excluding carboxylic acids is 1. The first-order valence-corrected chi connectivity index (χ1v) is 6.02. The molecule has 1 aromatic carbocycles. The number of hydrogen-bond donors (Lipinski definition) is 0. The van der Waals surface area contributed by atoms with Crippen LogP contribution >= 0.6 is 11.3 Å². The van der Waals surface area contributed by atoms with E-state index in [0.29, 0.717) is 4.88 Å². The van der Waals surface area contributed by atoms with Gasteiger partial charge in [0.05, 0.1) is 10.4 Å². The monoisotopic (exact) mass is 252 g/mol. The highest BCUT2D eigenvalue weighted by Gasteiger charge is 2.16. The minimum Gasteiger partial charge on any atom is -0.288 e. The lowest BCUT2D eigenvalue weighted by Gasteiger charge is -2.00. The zero-order valence-corrected chi connectivity index (χ0v) is 9.98. The van der Waals surface area contributed by atoms with Gasteiger partial charge >= 0.3 is 0 Å². The van der Waals surface area contributed by atoms with Crippen LogP contribution in [0, 0.1) is 11.6 Å². The molecule has 1 aromatic heterocycles. The molecule has 0 saturated carbocycles. The lowest BCUT2D eigenvalue weighted by molar-refractivity contribution is 0.103. The van der Waals surface area contributed by atoms with Gasteiger partial charge in [0.2, 0.25) is 5.78 Å². The molecule has 1 nitrogen and oxygen atoms in total. The van der Waals surface area contributed by atoms with E-state index in [9.17, 15) is 13.6 Å². The summed E-state index contributed by atoms with van der Waals surface area (Å²) in [5, 5.41) is 0. The van der Waals surface area contributed by atoms with Crippen LogP contribution in [-0.2, 0) is 6.42 Å². The Bertz CT molecular complexity index is 560. The first kappa shape index (κ1) is 11.9. The summed E-state index contributed by atoms with van der Waals surface area (Å²) in [5.74, 6) is -1.90. The number of halogens is 2. The van der Waals surface area contributed by atoms with Gasteiger partial charge in [-0.05, 0) is 30.7 Å². The van der Waals surface area contributed by atoms with E-state index < -0.39 is 17.4 Å². The number of aryl methyl sites for hydroxylation is 1. The van der Waals surface area contributed by atoms with Crippen LogP contribution in [0.1, 0.15) is 27.0 Å². The molecule has 0 fully saturated rings. The third-order valence-electron chi connectivity index (χ3n) is 2.41. The van der Waals surface area contributed by atoms with Crippen molar-refractivity contribution in [2.24, 2.45) is 0 Å². The van der Waals surface area contributed by atoms with E-state index in [2.05, 4.69) is 0 Å². The second-order valence-corrected chi connectivity index (χ2v) is 4.74. The fourth-order valence-corrected chi connectivity index (χ4v) is 2.40. The smallest absolute Gasteiger partial charge is 0.205 e. The maximum Gasteiger partial charge on any atom is 0.205 e. The lowest BCUT2D eigenvalue weighted by atomic mass is 10.1. The molecule has 4 heteroatoms. The summed E-state index contributed by atoms with van der Waals surface area (Å²) < 4.78 is 26.1. The molecular formula is C13H10F2OS. The van der Waals surface area contributed by atoms with Crippen molar-refractivity contribution < 1.29 is 13.6 Å². The predicted octanol–water partition coefficient (Wildman–Crippen LogP) is 3.82. The molecule has 2 aromatic rings. The number of rotatable bonds is 3. The quantitative estimate of drug-likeness (QED) is 0.759. The van der Waals surface area contributed by atoms with Crippen LogP contribution in [0.5, 0.6) is 0 Å². The van der Waals surface area contributed by atoms with E-state index in [4.69, 9.17) is 0 Å². The zero-order chi connectivity index (χ0) is 12.4. The highest BCUT2D eigenvalue weighted by atomic mass is 32.1. The van der Waals surface area contributed by atoms with Crippen molar-refractivity contribution >= 4 is 17.1 Å². The lowest BCUT2D eigenvalue weighted by Crippen LogP contribution is -2.02. The number of ketones is 1. The predicted molar refractivity (Wildman–Crippen MR) is 63.5 cm³/mol. The van der Waals surface area contributed by atoms with Gasteiger partial charge in [-0.15, -0.1) is 11.3 Å². The number of benzene rings is 1. The Kier molecular flexibility index (Phi) is 3.33. The Labute approximate surface area is 102 Å². The van der Waals surface area contributed by atoms with Gasteiger partial charge in [0.15, 0.2) is 0 Å². The maximum absolute atomic E-state index is 13.4. The largest absolute Gasteiger partial charge is 0.288 e. The number of carbonyl (C=O) groups is 1. The van der Waals surface area contributed by atoms with Gasteiger partial charge < -0.3 is 0 Å². The van der Waals surface area contributed by atoms with Gasteiger partial charge in [0, 0.05) is 10.9 Å². The van der Waals surface area contributed by atoms with E-state index in [-0.39, 0.29) is 5.56 Å². The Balaban J connectivity index is 2.36.